The molecular formula is C23H27N3O2S. The first-order valence-electron chi connectivity index (χ1n) is 10.4. The summed E-state index contributed by atoms with van der Waals surface area (Å²) in [6.07, 6.45) is 5.55. The van der Waals surface area contributed by atoms with E-state index in [1.54, 1.807) is 18.3 Å². The molecule has 2 fully saturated rings. The molecule has 29 heavy (non-hydrogen) atoms. The molecule has 3 heterocycles. The summed E-state index contributed by atoms with van der Waals surface area (Å²) >= 11 is 0. The molecule has 6 heteroatoms. The molecule has 2 aliphatic rings. The van der Waals surface area contributed by atoms with Gasteiger partial charge in [-0.2, -0.15) is 0 Å². The maximum absolute atomic E-state index is 13.2. The van der Waals surface area contributed by atoms with Crippen molar-refractivity contribution in [3.63, 3.8) is 0 Å². The summed E-state index contributed by atoms with van der Waals surface area (Å²) in [7, 11) is -3.62. The van der Waals surface area contributed by atoms with Crippen LogP contribution in [0.3, 0.4) is 0 Å². The Morgan fingerprint density at radius 1 is 0.931 bits per heavy atom. The second kappa shape index (κ2) is 7.18. The van der Waals surface area contributed by atoms with E-state index >= 15 is 0 Å². The number of hydrogen-bond acceptors (Lipinski definition) is 4. The Bertz CT molecular complexity index is 1130. The quantitative estimate of drug-likeness (QED) is 0.659. The lowest BCUT2D eigenvalue weighted by Crippen LogP contribution is -2.54. The van der Waals surface area contributed by atoms with Crippen molar-refractivity contribution < 1.29 is 8.42 Å². The third-order valence-corrected chi connectivity index (χ3v) is 8.13. The van der Waals surface area contributed by atoms with Crippen LogP contribution in [-0.2, 0) is 10.0 Å². The molecule has 1 aromatic heterocycles. The number of piperazine rings is 1. The van der Waals surface area contributed by atoms with Crippen LogP contribution in [0.5, 0.6) is 0 Å². The third kappa shape index (κ3) is 3.34. The van der Waals surface area contributed by atoms with Crippen LogP contribution in [0.2, 0.25) is 0 Å². The highest BCUT2D eigenvalue weighted by atomic mass is 32.2. The maximum atomic E-state index is 13.2. The van der Waals surface area contributed by atoms with E-state index in [0.29, 0.717) is 10.9 Å². The number of fused-ring (bicyclic) bond motifs is 2. The van der Waals surface area contributed by atoms with Crippen LogP contribution < -0.4 is 4.90 Å². The molecule has 5 rings (SSSR count). The van der Waals surface area contributed by atoms with Crippen molar-refractivity contribution in [2.75, 3.05) is 31.1 Å². The maximum Gasteiger partial charge on any atom is 0.268 e. The average molecular weight is 410 g/mol. The number of rotatable bonds is 3. The normalized spacial score (nSPS) is 20.7. The fourth-order valence-electron chi connectivity index (χ4n) is 4.71. The molecule has 2 aromatic carbocycles. The molecule has 0 saturated carbocycles. The topological polar surface area (TPSA) is 45.6 Å². The second-order valence-electron chi connectivity index (χ2n) is 8.30. The Morgan fingerprint density at radius 2 is 1.76 bits per heavy atom. The zero-order chi connectivity index (χ0) is 20.0. The predicted molar refractivity (Wildman–Crippen MR) is 117 cm³/mol. The number of aromatic nitrogens is 1. The van der Waals surface area contributed by atoms with Gasteiger partial charge in [0, 0.05) is 42.9 Å². The number of anilines is 1. The minimum Gasteiger partial charge on any atom is -0.369 e. The van der Waals surface area contributed by atoms with Gasteiger partial charge in [0.15, 0.2) is 0 Å². The highest BCUT2D eigenvalue weighted by molar-refractivity contribution is 7.90. The van der Waals surface area contributed by atoms with Crippen molar-refractivity contribution in [1.82, 2.24) is 8.87 Å². The van der Waals surface area contributed by atoms with Gasteiger partial charge < -0.3 is 4.90 Å². The zero-order valence-electron chi connectivity index (χ0n) is 16.8. The van der Waals surface area contributed by atoms with E-state index in [2.05, 4.69) is 15.9 Å². The fraction of sp³-hybridized carbons (Fsp3) is 0.391. The number of aryl methyl sites for hydroxylation is 1. The molecule has 0 N–H and O–H groups in total. The summed E-state index contributed by atoms with van der Waals surface area (Å²) in [5.74, 6) is 0. The first-order chi connectivity index (χ1) is 14.0. The molecule has 1 unspecified atom stereocenters. The van der Waals surface area contributed by atoms with Crippen molar-refractivity contribution >= 4 is 26.6 Å². The van der Waals surface area contributed by atoms with Crippen LogP contribution in [-0.4, -0.2) is 49.5 Å². The van der Waals surface area contributed by atoms with Crippen LogP contribution in [0.25, 0.3) is 10.9 Å². The third-order valence-electron chi connectivity index (χ3n) is 6.42. The Hall–Kier alpha value is -2.31. The Balaban J connectivity index is 1.50. The van der Waals surface area contributed by atoms with E-state index in [9.17, 15) is 8.42 Å². The first kappa shape index (κ1) is 18.7. The number of benzene rings is 2. The molecule has 0 radical (unpaired) electrons. The van der Waals surface area contributed by atoms with E-state index in [-0.39, 0.29) is 0 Å². The van der Waals surface area contributed by atoms with Gasteiger partial charge in [-0.05, 0) is 56.6 Å². The molecular weight excluding hydrogens is 382 g/mol. The zero-order valence-corrected chi connectivity index (χ0v) is 17.6. The van der Waals surface area contributed by atoms with Crippen LogP contribution in [0.15, 0.2) is 59.6 Å². The van der Waals surface area contributed by atoms with Gasteiger partial charge in [-0.3, -0.25) is 4.90 Å². The number of piperidine rings is 1. The molecule has 2 saturated heterocycles. The molecule has 0 bridgehead atoms. The van der Waals surface area contributed by atoms with Crippen molar-refractivity contribution in [2.45, 2.75) is 37.1 Å². The Labute approximate surface area is 172 Å². The monoisotopic (exact) mass is 409 g/mol. The standard InChI is InChI=1S/C23H27N3O2S/c1-18-5-9-22(10-6-18)29(27,28)26-13-11-19-7-8-20(16-23(19)26)25-15-14-24-12-3-2-4-21(24)17-25/h5-11,13,16,21H,2-4,12,14-15,17H2,1H3. The smallest absolute Gasteiger partial charge is 0.268 e. The Morgan fingerprint density at radius 3 is 2.59 bits per heavy atom. The minimum absolute atomic E-state index is 0.321. The molecule has 0 aliphatic carbocycles. The summed E-state index contributed by atoms with van der Waals surface area (Å²) in [5.41, 5.74) is 2.90. The molecule has 1 atom stereocenters. The van der Waals surface area contributed by atoms with Gasteiger partial charge in [-0.15, -0.1) is 0 Å². The van der Waals surface area contributed by atoms with Crippen LogP contribution in [0.1, 0.15) is 24.8 Å². The summed E-state index contributed by atoms with van der Waals surface area (Å²) in [6.45, 7) is 6.28. The molecule has 0 spiro atoms. The first-order valence-corrected chi connectivity index (χ1v) is 11.9. The van der Waals surface area contributed by atoms with Gasteiger partial charge in [0.25, 0.3) is 10.0 Å². The predicted octanol–water partition coefficient (Wildman–Crippen LogP) is 3.86. The van der Waals surface area contributed by atoms with Crippen LogP contribution >= 0.6 is 0 Å². The summed E-state index contributed by atoms with van der Waals surface area (Å²) in [6, 6.07) is 15.8. The SMILES string of the molecule is Cc1ccc(S(=O)(=O)n2ccc3ccc(N4CCN5CCCCC5C4)cc32)cc1. The summed E-state index contributed by atoms with van der Waals surface area (Å²) in [4.78, 5) is 5.35. The minimum atomic E-state index is -3.62. The van der Waals surface area contributed by atoms with E-state index in [4.69, 9.17) is 0 Å². The number of hydrogen-bond donors (Lipinski definition) is 0. The highest BCUT2D eigenvalue weighted by Gasteiger charge is 2.29. The van der Waals surface area contributed by atoms with E-state index < -0.39 is 10.0 Å². The van der Waals surface area contributed by atoms with Gasteiger partial charge in [0.2, 0.25) is 0 Å². The largest absolute Gasteiger partial charge is 0.369 e. The molecule has 3 aromatic rings. The fourth-order valence-corrected chi connectivity index (χ4v) is 6.06. The summed E-state index contributed by atoms with van der Waals surface area (Å²) in [5, 5.41) is 0.945. The lowest BCUT2D eigenvalue weighted by molar-refractivity contribution is 0.133. The van der Waals surface area contributed by atoms with Gasteiger partial charge in [0.05, 0.1) is 10.4 Å². The van der Waals surface area contributed by atoms with E-state index in [1.165, 1.54) is 29.8 Å². The molecule has 152 valence electrons. The van der Waals surface area contributed by atoms with Gasteiger partial charge in [-0.1, -0.05) is 30.2 Å². The average Bonchev–Trinajstić information content (AvgIpc) is 3.18. The Kier molecular flexibility index (Phi) is 4.63. The lowest BCUT2D eigenvalue weighted by Gasteiger charge is -2.45. The summed E-state index contributed by atoms with van der Waals surface area (Å²) < 4.78 is 27.9. The van der Waals surface area contributed by atoms with Crippen LogP contribution in [0.4, 0.5) is 5.69 Å². The second-order valence-corrected chi connectivity index (χ2v) is 10.1. The van der Waals surface area contributed by atoms with E-state index in [0.717, 1.165) is 41.8 Å². The number of nitrogens with zero attached hydrogens (tertiary/aromatic N) is 3. The van der Waals surface area contributed by atoms with Crippen molar-refractivity contribution in [3.8, 4) is 0 Å². The molecule has 0 amide bonds. The van der Waals surface area contributed by atoms with Crippen molar-refractivity contribution in [1.29, 1.82) is 0 Å². The van der Waals surface area contributed by atoms with Crippen LogP contribution in [0, 0.1) is 6.92 Å². The van der Waals surface area contributed by atoms with Crippen molar-refractivity contribution in [3.05, 3.63) is 60.3 Å². The van der Waals surface area contributed by atoms with Gasteiger partial charge in [-0.25, -0.2) is 12.4 Å². The molecule has 5 nitrogen and oxygen atoms in total. The van der Waals surface area contributed by atoms with Gasteiger partial charge in [0.1, 0.15) is 0 Å². The van der Waals surface area contributed by atoms with Gasteiger partial charge >= 0.3 is 0 Å². The highest BCUT2D eigenvalue weighted by Crippen LogP contribution is 2.29. The molecule has 2 aliphatic heterocycles. The van der Waals surface area contributed by atoms with E-state index in [1.807, 2.05) is 37.3 Å². The van der Waals surface area contributed by atoms with Crippen molar-refractivity contribution in [2.24, 2.45) is 0 Å². The lowest BCUT2D eigenvalue weighted by atomic mass is 9.99.